The minimum absolute atomic E-state index is 0.111. The van der Waals surface area contributed by atoms with Gasteiger partial charge in [0, 0.05) is 12.1 Å². The highest BCUT2D eigenvalue weighted by Crippen LogP contribution is 2.24. The van der Waals surface area contributed by atoms with E-state index in [1.807, 2.05) is 0 Å². The molecule has 5 nitrogen and oxygen atoms in total. The van der Waals surface area contributed by atoms with E-state index in [-0.39, 0.29) is 11.5 Å². The summed E-state index contributed by atoms with van der Waals surface area (Å²) in [4.78, 5) is 11.2. The summed E-state index contributed by atoms with van der Waals surface area (Å²) in [5, 5.41) is 16.8. The van der Waals surface area contributed by atoms with Gasteiger partial charge in [0.15, 0.2) is 5.69 Å². The van der Waals surface area contributed by atoms with Crippen molar-refractivity contribution in [1.29, 1.82) is 0 Å². The molecule has 1 unspecified atom stereocenters. The van der Waals surface area contributed by atoms with Crippen LogP contribution in [0.1, 0.15) is 30.8 Å². The van der Waals surface area contributed by atoms with Crippen molar-refractivity contribution < 1.29 is 14.3 Å². The van der Waals surface area contributed by atoms with Crippen LogP contribution in [0.25, 0.3) is 11.3 Å². The van der Waals surface area contributed by atoms with Crippen molar-refractivity contribution in [3.63, 3.8) is 0 Å². The van der Waals surface area contributed by atoms with E-state index in [4.69, 9.17) is 0 Å². The maximum atomic E-state index is 13.0. The van der Waals surface area contributed by atoms with Crippen LogP contribution >= 0.6 is 0 Å². The zero-order chi connectivity index (χ0) is 14.7. The fourth-order valence-corrected chi connectivity index (χ4v) is 1.90. The molecule has 0 bridgehead atoms. The van der Waals surface area contributed by atoms with Crippen molar-refractivity contribution in [2.24, 2.45) is 5.92 Å². The maximum Gasteiger partial charge on any atom is 0.358 e. The molecule has 20 heavy (non-hydrogen) atoms. The molecule has 0 spiro atoms. The Morgan fingerprint density at radius 1 is 1.40 bits per heavy atom. The molecule has 0 fully saturated rings. The van der Waals surface area contributed by atoms with Gasteiger partial charge in [-0.3, -0.25) is 0 Å². The summed E-state index contributed by atoms with van der Waals surface area (Å²) in [7, 11) is 0. The Balaban J connectivity index is 2.49. The van der Waals surface area contributed by atoms with E-state index in [0.717, 1.165) is 6.42 Å². The first-order valence-electron chi connectivity index (χ1n) is 6.45. The molecule has 6 heteroatoms. The van der Waals surface area contributed by atoms with Crippen LogP contribution < -0.4 is 0 Å². The highest BCUT2D eigenvalue weighted by atomic mass is 19.1. The van der Waals surface area contributed by atoms with Crippen molar-refractivity contribution >= 4 is 5.97 Å². The Morgan fingerprint density at radius 2 is 2.05 bits per heavy atom. The predicted octanol–water partition coefficient (Wildman–Crippen LogP) is 2.83. The van der Waals surface area contributed by atoms with Crippen LogP contribution in [0.3, 0.4) is 0 Å². The minimum atomic E-state index is -1.14. The molecule has 0 aliphatic rings. The molecular formula is C14H16FN3O2. The third-order valence-electron chi connectivity index (χ3n) is 3.24. The van der Waals surface area contributed by atoms with E-state index in [9.17, 15) is 14.3 Å². The molecule has 0 aliphatic carbocycles. The van der Waals surface area contributed by atoms with Gasteiger partial charge >= 0.3 is 5.97 Å². The summed E-state index contributed by atoms with van der Waals surface area (Å²) >= 11 is 0. The van der Waals surface area contributed by atoms with Gasteiger partial charge < -0.3 is 5.11 Å². The molecule has 1 N–H and O–H groups in total. The number of benzene rings is 1. The first-order chi connectivity index (χ1) is 9.52. The topological polar surface area (TPSA) is 68.0 Å². The summed E-state index contributed by atoms with van der Waals surface area (Å²) in [5.41, 5.74) is 0.898. The fourth-order valence-electron chi connectivity index (χ4n) is 1.90. The minimum Gasteiger partial charge on any atom is -0.476 e. The lowest BCUT2D eigenvalue weighted by Gasteiger charge is -2.11. The van der Waals surface area contributed by atoms with Gasteiger partial charge in [-0.1, -0.05) is 25.5 Å². The molecule has 0 aliphatic heterocycles. The summed E-state index contributed by atoms with van der Waals surface area (Å²) < 4.78 is 14.6. The smallest absolute Gasteiger partial charge is 0.358 e. The van der Waals surface area contributed by atoms with Crippen molar-refractivity contribution in [3.8, 4) is 11.3 Å². The normalized spacial score (nSPS) is 12.3. The lowest BCUT2D eigenvalue weighted by molar-refractivity contribution is 0.0691. The number of nitrogens with zero attached hydrogens (tertiary/aromatic N) is 3. The van der Waals surface area contributed by atoms with E-state index in [0.29, 0.717) is 23.7 Å². The molecule has 1 heterocycles. The molecule has 1 aromatic heterocycles. The SMILES string of the molecule is CCC(C)Cn1nnc(C(=O)O)c1-c1ccc(F)cc1. The van der Waals surface area contributed by atoms with Crippen LogP contribution in [-0.4, -0.2) is 26.1 Å². The second-order valence-corrected chi connectivity index (χ2v) is 4.79. The summed E-state index contributed by atoms with van der Waals surface area (Å²) in [6.07, 6.45) is 0.950. The Morgan fingerprint density at radius 3 is 2.60 bits per heavy atom. The number of aromatic carboxylic acids is 1. The second kappa shape index (κ2) is 5.81. The van der Waals surface area contributed by atoms with E-state index in [2.05, 4.69) is 24.2 Å². The number of hydrogen-bond acceptors (Lipinski definition) is 3. The number of carbonyl (C=O) groups is 1. The Kier molecular flexibility index (Phi) is 4.12. The molecule has 2 rings (SSSR count). The molecule has 106 valence electrons. The average molecular weight is 277 g/mol. The second-order valence-electron chi connectivity index (χ2n) is 4.79. The van der Waals surface area contributed by atoms with Gasteiger partial charge in [0.1, 0.15) is 11.5 Å². The van der Waals surface area contributed by atoms with E-state index >= 15 is 0 Å². The lowest BCUT2D eigenvalue weighted by atomic mass is 10.1. The van der Waals surface area contributed by atoms with Gasteiger partial charge in [0.05, 0.1) is 0 Å². The number of halogens is 1. The van der Waals surface area contributed by atoms with Crippen LogP contribution in [0, 0.1) is 11.7 Å². The largest absolute Gasteiger partial charge is 0.476 e. The standard InChI is InChI=1S/C14H16FN3O2/c1-3-9(2)8-18-13(12(14(19)20)16-17-18)10-4-6-11(15)7-5-10/h4-7,9H,3,8H2,1-2H3,(H,19,20). The highest BCUT2D eigenvalue weighted by Gasteiger charge is 2.21. The Hall–Kier alpha value is -2.24. The van der Waals surface area contributed by atoms with E-state index < -0.39 is 5.97 Å². The summed E-state index contributed by atoms with van der Waals surface area (Å²) in [5.74, 6) is -1.16. The Labute approximate surface area is 116 Å². The summed E-state index contributed by atoms with van der Waals surface area (Å²) in [6, 6.07) is 5.66. The molecule has 1 atom stereocenters. The monoisotopic (exact) mass is 277 g/mol. The number of aromatic nitrogens is 3. The number of carboxylic acid groups (broad SMARTS) is 1. The first kappa shape index (κ1) is 14.2. The molecule has 0 radical (unpaired) electrons. The van der Waals surface area contributed by atoms with Gasteiger partial charge in [-0.15, -0.1) is 5.10 Å². The summed E-state index contributed by atoms with van der Waals surface area (Å²) in [6.45, 7) is 4.68. The lowest BCUT2D eigenvalue weighted by Crippen LogP contribution is -2.10. The van der Waals surface area contributed by atoms with Crippen LogP contribution in [0.15, 0.2) is 24.3 Å². The number of rotatable bonds is 5. The van der Waals surface area contributed by atoms with Crippen molar-refractivity contribution in [2.45, 2.75) is 26.8 Å². The van der Waals surface area contributed by atoms with Crippen LogP contribution in [0.4, 0.5) is 4.39 Å². The van der Waals surface area contributed by atoms with Crippen LogP contribution in [0.2, 0.25) is 0 Å². The van der Waals surface area contributed by atoms with E-state index in [1.165, 1.54) is 24.3 Å². The van der Waals surface area contributed by atoms with Crippen molar-refractivity contribution in [1.82, 2.24) is 15.0 Å². The van der Waals surface area contributed by atoms with E-state index in [1.54, 1.807) is 4.68 Å². The molecule has 0 saturated carbocycles. The molecular weight excluding hydrogens is 261 g/mol. The van der Waals surface area contributed by atoms with Gasteiger partial charge in [0.25, 0.3) is 0 Å². The average Bonchev–Trinajstić information content (AvgIpc) is 2.83. The highest BCUT2D eigenvalue weighted by molar-refractivity contribution is 5.92. The number of hydrogen-bond donors (Lipinski definition) is 1. The van der Waals surface area contributed by atoms with Gasteiger partial charge in [-0.25, -0.2) is 13.9 Å². The third-order valence-corrected chi connectivity index (χ3v) is 3.24. The number of carboxylic acids is 1. The van der Waals surface area contributed by atoms with Crippen LogP contribution in [-0.2, 0) is 6.54 Å². The van der Waals surface area contributed by atoms with Crippen molar-refractivity contribution in [2.75, 3.05) is 0 Å². The molecule has 2 aromatic rings. The zero-order valence-electron chi connectivity index (χ0n) is 11.4. The molecule has 0 amide bonds. The molecule has 1 aromatic carbocycles. The van der Waals surface area contributed by atoms with Gasteiger partial charge in [-0.2, -0.15) is 0 Å². The molecule has 0 saturated heterocycles. The van der Waals surface area contributed by atoms with Crippen molar-refractivity contribution in [3.05, 3.63) is 35.8 Å². The first-order valence-corrected chi connectivity index (χ1v) is 6.45. The Bertz CT molecular complexity index is 607. The quantitative estimate of drug-likeness (QED) is 0.912. The fraction of sp³-hybridized carbons (Fsp3) is 0.357. The van der Waals surface area contributed by atoms with Gasteiger partial charge in [-0.05, 0) is 30.2 Å². The van der Waals surface area contributed by atoms with Gasteiger partial charge in [0.2, 0.25) is 0 Å². The zero-order valence-corrected chi connectivity index (χ0v) is 11.4. The third kappa shape index (κ3) is 2.84. The van der Waals surface area contributed by atoms with Crippen LogP contribution in [0.5, 0.6) is 0 Å². The maximum absolute atomic E-state index is 13.0. The predicted molar refractivity (Wildman–Crippen MR) is 71.8 cm³/mol.